The van der Waals surface area contributed by atoms with Gasteiger partial charge in [-0.15, -0.1) is 0 Å². The number of amides is 3. The molecule has 2 aromatic carbocycles. The number of urea groups is 1. The Balaban J connectivity index is 1.80. The third kappa shape index (κ3) is 6.62. The standard InChI is InChI=1S/C26H27ClF3N5O4/c1-25(2,3)39-24(38)34-12-6-11-19(34)21-33-18-10-5-9-17(27)20(18)22(36)35(21)16-8-4-7-15(13-16)32-23(37)31-14-26(28,29)30/h4-5,7-10,13,19H,6,11-12,14H2,1-3H3,(H2,31,32,37)/t19-/m0/s1. The summed E-state index contributed by atoms with van der Waals surface area (Å²) in [5, 5.41) is 4.41. The largest absolute Gasteiger partial charge is 0.444 e. The van der Waals surface area contributed by atoms with Crippen LogP contribution in [-0.2, 0) is 4.74 Å². The van der Waals surface area contributed by atoms with E-state index >= 15 is 0 Å². The zero-order valence-electron chi connectivity index (χ0n) is 21.4. The molecule has 13 heteroatoms. The fourth-order valence-electron chi connectivity index (χ4n) is 4.33. The van der Waals surface area contributed by atoms with E-state index < -0.39 is 42.0 Å². The third-order valence-corrected chi connectivity index (χ3v) is 6.18. The molecule has 0 bridgehead atoms. The van der Waals surface area contributed by atoms with E-state index in [9.17, 15) is 27.6 Å². The minimum Gasteiger partial charge on any atom is -0.444 e. The number of nitrogens with one attached hydrogen (secondary N) is 2. The number of ether oxygens (including phenoxy) is 1. The Hall–Kier alpha value is -3.80. The number of aromatic nitrogens is 2. The van der Waals surface area contributed by atoms with Gasteiger partial charge in [0.1, 0.15) is 18.0 Å². The van der Waals surface area contributed by atoms with Crippen LogP contribution in [0.2, 0.25) is 5.02 Å². The van der Waals surface area contributed by atoms with E-state index in [-0.39, 0.29) is 27.6 Å². The van der Waals surface area contributed by atoms with Crippen LogP contribution in [0, 0.1) is 0 Å². The molecule has 208 valence electrons. The first kappa shape index (κ1) is 28.2. The minimum absolute atomic E-state index is 0.139. The predicted octanol–water partition coefficient (Wildman–Crippen LogP) is 5.79. The van der Waals surface area contributed by atoms with Gasteiger partial charge in [0.15, 0.2) is 0 Å². The van der Waals surface area contributed by atoms with E-state index in [0.29, 0.717) is 24.9 Å². The summed E-state index contributed by atoms with van der Waals surface area (Å²) in [6, 6.07) is 9.19. The summed E-state index contributed by atoms with van der Waals surface area (Å²) < 4.78 is 44.3. The quantitative estimate of drug-likeness (QED) is 0.416. The number of carbonyl (C=O) groups excluding carboxylic acids is 2. The average molecular weight is 566 g/mol. The molecule has 0 aliphatic carbocycles. The highest BCUT2D eigenvalue weighted by Crippen LogP contribution is 2.34. The van der Waals surface area contributed by atoms with Crippen LogP contribution in [0.25, 0.3) is 16.6 Å². The Morgan fingerprint density at radius 3 is 2.56 bits per heavy atom. The lowest BCUT2D eigenvalue weighted by Crippen LogP contribution is -2.38. The van der Waals surface area contributed by atoms with Gasteiger partial charge in [-0.3, -0.25) is 14.3 Å². The maximum Gasteiger partial charge on any atom is 0.410 e. The number of anilines is 1. The van der Waals surface area contributed by atoms with E-state index in [4.69, 9.17) is 21.3 Å². The third-order valence-electron chi connectivity index (χ3n) is 5.86. The number of hydrogen-bond donors (Lipinski definition) is 2. The van der Waals surface area contributed by atoms with Gasteiger partial charge in [0.05, 0.1) is 27.7 Å². The normalized spacial score (nSPS) is 15.9. The molecule has 2 heterocycles. The molecule has 2 N–H and O–H groups in total. The lowest BCUT2D eigenvalue weighted by Gasteiger charge is -2.29. The fraction of sp³-hybridized carbons (Fsp3) is 0.385. The summed E-state index contributed by atoms with van der Waals surface area (Å²) in [6.45, 7) is 4.16. The topological polar surface area (TPSA) is 106 Å². The van der Waals surface area contributed by atoms with Gasteiger partial charge in [0, 0.05) is 12.2 Å². The lowest BCUT2D eigenvalue weighted by molar-refractivity contribution is -0.122. The summed E-state index contributed by atoms with van der Waals surface area (Å²) in [6.07, 6.45) is -3.96. The van der Waals surface area contributed by atoms with Crippen LogP contribution in [0.4, 0.5) is 28.4 Å². The van der Waals surface area contributed by atoms with Crippen molar-refractivity contribution in [3.63, 3.8) is 0 Å². The maximum atomic E-state index is 13.9. The van der Waals surface area contributed by atoms with Gasteiger partial charge in [0.2, 0.25) is 0 Å². The Kier molecular flexibility index (Phi) is 7.78. The molecule has 1 aliphatic rings. The molecule has 0 unspecified atom stereocenters. The van der Waals surface area contributed by atoms with Crippen LogP contribution >= 0.6 is 11.6 Å². The summed E-state index contributed by atoms with van der Waals surface area (Å²) in [7, 11) is 0. The summed E-state index contributed by atoms with van der Waals surface area (Å²) >= 11 is 6.36. The lowest BCUT2D eigenvalue weighted by atomic mass is 10.1. The van der Waals surface area contributed by atoms with E-state index in [1.165, 1.54) is 27.7 Å². The van der Waals surface area contributed by atoms with Gasteiger partial charge >= 0.3 is 18.3 Å². The molecule has 3 aromatic rings. The highest BCUT2D eigenvalue weighted by atomic mass is 35.5. The molecule has 1 aliphatic heterocycles. The first-order chi connectivity index (χ1) is 18.2. The molecule has 9 nitrogen and oxygen atoms in total. The molecular weight excluding hydrogens is 539 g/mol. The second kappa shape index (κ2) is 10.8. The van der Waals surface area contributed by atoms with Crippen LogP contribution < -0.4 is 16.2 Å². The zero-order chi connectivity index (χ0) is 28.5. The van der Waals surface area contributed by atoms with E-state index in [1.54, 1.807) is 50.4 Å². The molecule has 1 fully saturated rings. The van der Waals surface area contributed by atoms with Crippen molar-refractivity contribution < 1.29 is 27.5 Å². The number of likely N-dealkylation sites (tertiary alicyclic amines) is 1. The number of carbonyl (C=O) groups is 2. The van der Waals surface area contributed by atoms with Gasteiger partial charge in [-0.2, -0.15) is 13.2 Å². The molecule has 0 radical (unpaired) electrons. The summed E-state index contributed by atoms with van der Waals surface area (Å²) in [5.41, 5.74) is -0.486. The molecular formula is C26H27ClF3N5O4. The van der Waals surface area contributed by atoms with Crippen LogP contribution in [0.3, 0.4) is 0 Å². The molecule has 3 amide bonds. The minimum atomic E-state index is -4.57. The fourth-order valence-corrected chi connectivity index (χ4v) is 4.58. The van der Waals surface area contributed by atoms with Crippen LogP contribution in [-0.4, -0.2) is 51.4 Å². The van der Waals surface area contributed by atoms with Crippen molar-refractivity contribution in [1.82, 2.24) is 19.8 Å². The number of nitrogens with zero attached hydrogens (tertiary/aromatic N) is 3. The molecule has 1 aromatic heterocycles. The zero-order valence-corrected chi connectivity index (χ0v) is 22.2. The van der Waals surface area contributed by atoms with Crippen molar-refractivity contribution in [2.45, 2.75) is 51.4 Å². The molecule has 1 atom stereocenters. The Bertz CT molecular complexity index is 1470. The Labute approximate surface area is 226 Å². The van der Waals surface area contributed by atoms with Crippen LogP contribution in [0.1, 0.15) is 45.5 Å². The summed E-state index contributed by atoms with van der Waals surface area (Å²) in [4.78, 5) is 45.2. The van der Waals surface area contributed by atoms with Crippen molar-refractivity contribution in [3.8, 4) is 5.69 Å². The van der Waals surface area contributed by atoms with Crippen LogP contribution in [0.5, 0.6) is 0 Å². The number of hydrogen-bond acceptors (Lipinski definition) is 5. The summed E-state index contributed by atoms with van der Waals surface area (Å²) in [5.74, 6) is 0.261. The molecule has 39 heavy (non-hydrogen) atoms. The number of rotatable bonds is 4. The van der Waals surface area contributed by atoms with Crippen molar-refractivity contribution >= 4 is 40.3 Å². The van der Waals surface area contributed by atoms with Crippen molar-refractivity contribution in [3.05, 3.63) is 63.7 Å². The van der Waals surface area contributed by atoms with E-state index in [2.05, 4.69) is 5.32 Å². The van der Waals surface area contributed by atoms with Gasteiger partial charge in [-0.05, 0) is 63.9 Å². The predicted molar refractivity (Wildman–Crippen MR) is 140 cm³/mol. The first-order valence-corrected chi connectivity index (χ1v) is 12.5. The molecule has 4 rings (SSSR count). The number of alkyl halides is 3. The SMILES string of the molecule is CC(C)(C)OC(=O)N1CCC[C@H]1c1nc2cccc(Cl)c2c(=O)n1-c1cccc(NC(=O)NCC(F)(F)F)c1. The highest BCUT2D eigenvalue weighted by molar-refractivity contribution is 6.35. The number of fused-ring (bicyclic) bond motifs is 1. The second-order valence-corrected chi connectivity index (χ2v) is 10.5. The second-order valence-electron chi connectivity index (χ2n) is 10.0. The average Bonchev–Trinajstić information content (AvgIpc) is 3.31. The van der Waals surface area contributed by atoms with Gasteiger partial charge in [-0.25, -0.2) is 14.6 Å². The van der Waals surface area contributed by atoms with Crippen LogP contribution in [0.15, 0.2) is 47.3 Å². The number of benzene rings is 2. The highest BCUT2D eigenvalue weighted by Gasteiger charge is 2.36. The van der Waals surface area contributed by atoms with Crippen molar-refractivity contribution in [2.75, 3.05) is 18.4 Å². The van der Waals surface area contributed by atoms with Crippen molar-refractivity contribution in [2.24, 2.45) is 0 Å². The van der Waals surface area contributed by atoms with Gasteiger partial charge in [0.25, 0.3) is 5.56 Å². The smallest absolute Gasteiger partial charge is 0.410 e. The van der Waals surface area contributed by atoms with Crippen molar-refractivity contribution in [1.29, 1.82) is 0 Å². The Morgan fingerprint density at radius 1 is 1.15 bits per heavy atom. The van der Waals surface area contributed by atoms with E-state index in [1.807, 2.05) is 0 Å². The van der Waals surface area contributed by atoms with E-state index in [0.717, 1.165) is 0 Å². The number of halogens is 4. The first-order valence-electron chi connectivity index (χ1n) is 12.2. The molecule has 0 saturated carbocycles. The molecule has 1 saturated heterocycles. The Morgan fingerprint density at radius 2 is 1.87 bits per heavy atom. The van der Waals surface area contributed by atoms with Gasteiger partial charge < -0.3 is 15.4 Å². The maximum absolute atomic E-state index is 13.9. The molecule has 0 spiro atoms. The van der Waals surface area contributed by atoms with Gasteiger partial charge in [-0.1, -0.05) is 23.7 Å². The monoisotopic (exact) mass is 565 g/mol.